The van der Waals surface area contributed by atoms with Crippen molar-refractivity contribution in [2.75, 3.05) is 13.2 Å². The number of amides is 2. The van der Waals surface area contributed by atoms with Crippen LogP contribution in [0.1, 0.15) is 32.8 Å². The highest BCUT2D eigenvalue weighted by Crippen LogP contribution is 2.19. The van der Waals surface area contributed by atoms with Crippen molar-refractivity contribution in [1.82, 2.24) is 10.6 Å². The summed E-state index contributed by atoms with van der Waals surface area (Å²) in [6, 6.07) is 9.87. The van der Waals surface area contributed by atoms with E-state index in [9.17, 15) is 14.7 Å². The smallest absolute Gasteiger partial charge is 0.249 e. The molecule has 0 aliphatic carbocycles. The van der Waals surface area contributed by atoms with E-state index < -0.39 is 17.4 Å². The van der Waals surface area contributed by atoms with Gasteiger partial charge in [-0.3, -0.25) is 9.59 Å². The molecule has 1 aromatic rings. The van der Waals surface area contributed by atoms with Crippen LogP contribution < -0.4 is 10.6 Å². The first kappa shape index (κ1) is 20.1. The lowest BCUT2D eigenvalue weighted by atomic mass is 9.87. The maximum absolute atomic E-state index is 11.9. The van der Waals surface area contributed by atoms with Crippen LogP contribution in [0, 0.1) is 5.41 Å². The van der Waals surface area contributed by atoms with Gasteiger partial charge in [-0.15, -0.1) is 0 Å². The van der Waals surface area contributed by atoms with Crippen LogP contribution in [0.4, 0.5) is 0 Å². The van der Waals surface area contributed by atoms with E-state index in [1.807, 2.05) is 37.3 Å². The van der Waals surface area contributed by atoms with Crippen molar-refractivity contribution in [1.29, 1.82) is 0 Å². The molecule has 0 aliphatic heterocycles. The van der Waals surface area contributed by atoms with Gasteiger partial charge in [-0.25, -0.2) is 0 Å². The molecule has 0 aliphatic rings. The lowest BCUT2D eigenvalue weighted by molar-refractivity contribution is -0.137. The SMILES string of the molecule is CC(Cc1ccccc1)NC(=O)CCNC(=O)C(O)C(C)(C)CO. The number of hydrogen-bond acceptors (Lipinski definition) is 4. The van der Waals surface area contributed by atoms with Gasteiger partial charge >= 0.3 is 0 Å². The number of hydrogen-bond donors (Lipinski definition) is 4. The molecular formula is C18H28N2O4. The Morgan fingerprint density at radius 2 is 1.83 bits per heavy atom. The van der Waals surface area contributed by atoms with Crippen LogP contribution >= 0.6 is 0 Å². The molecule has 2 amide bonds. The molecular weight excluding hydrogens is 308 g/mol. The van der Waals surface area contributed by atoms with Crippen LogP contribution in [-0.2, 0) is 16.0 Å². The average Bonchev–Trinajstić information content (AvgIpc) is 2.54. The third-order valence-corrected chi connectivity index (χ3v) is 3.84. The molecule has 0 bridgehead atoms. The summed E-state index contributed by atoms with van der Waals surface area (Å²) in [6.45, 7) is 4.95. The van der Waals surface area contributed by atoms with Crippen LogP contribution in [0.3, 0.4) is 0 Å². The molecule has 24 heavy (non-hydrogen) atoms. The van der Waals surface area contributed by atoms with Gasteiger partial charge < -0.3 is 20.8 Å². The van der Waals surface area contributed by atoms with Crippen molar-refractivity contribution >= 4 is 11.8 Å². The molecule has 1 aromatic carbocycles. The van der Waals surface area contributed by atoms with Crippen molar-refractivity contribution in [3.63, 3.8) is 0 Å². The molecule has 0 fully saturated rings. The zero-order valence-corrected chi connectivity index (χ0v) is 14.6. The van der Waals surface area contributed by atoms with Crippen LogP contribution in [0.2, 0.25) is 0 Å². The van der Waals surface area contributed by atoms with Crippen LogP contribution in [-0.4, -0.2) is 47.3 Å². The van der Waals surface area contributed by atoms with Gasteiger partial charge in [0.15, 0.2) is 0 Å². The lowest BCUT2D eigenvalue weighted by Gasteiger charge is -2.27. The molecule has 0 radical (unpaired) electrons. The van der Waals surface area contributed by atoms with E-state index in [-0.39, 0.29) is 31.5 Å². The molecule has 6 heteroatoms. The first-order chi connectivity index (χ1) is 11.3. The van der Waals surface area contributed by atoms with Crippen molar-refractivity contribution < 1.29 is 19.8 Å². The predicted molar refractivity (Wildman–Crippen MR) is 92.3 cm³/mol. The number of carbonyl (C=O) groups excluding carboxylic acids is 2. The second-order valence-electron chi connectivity index (χ2n) is 6.75. The minimum atomic E-state index is -1.32. The van der Waals surface area contributed by atoms with Gasteiger partial charge in [-0.2, -0.15) is 0 Å². The van der Waals surface area contributed by atoms with Crippen molar-refractivity contribution in [3.8, 4) is 0 Å². The Labute approximate surface area is 143 Å². The van der Waals surface area contributed by atoms with Crippen molar-refractivity contribution in [3.05, 3.63) is 35.9 Å². The molecule has 2 atom stereocenters. The van der Waals surface area contributed by atoms with Crippen LogP contribution in [0.15, 0.2) is 30.3 Å². The Hall–Kier alpha value is -1.92. The monoisotopic (exact) mass is 336 g/mol. The Morgan fingerprint density at radius 3 is 2.42 bits per heavy atom. The van der Waals surface area contributed by atoms with Gasteiger partial charge in [0.2, 0.25) is 11.8 Å². The third-order valence-electron chi connectivity index (χ3n) is 3.84. The second-order valence-corrected chi connectivity index (χ2v) is 6.75. The highest BCUT2D eigenvalue weighted by atomic mass is 16.3. The number of rotatable bonds is 9. The lowest BCUT2D eigenvalue weighted by Crippen LogP contribution is -2.46. The Balaban J connectivity index is 2.30. The fourth-order valence-corrected chi connectivity index (χ4v) is 2.20. The highest BCUT2D eigenvalue weighted by Gasteiger charge is 2.32. The number of aliphatic hydroxyl groups excluding tert-OH is 2. The Morgan fingerprint density at radius 1 is 1.21 bits per heavy atom. The van der Waals surface area contributed by atoms with Crippen LogP contribution in [0.5, 0.6) is 0 Å². The number of nitrogens with one attached hydrogen (secondary N) is 2. The van der Waals surface area contributed by atoms with Gasteiger partial charge in [-0.1, -0.05) is 44.2 Å². The summed E-state index contributed by atoms with van der Waals surface area (Å²) in [6.07, 6.45) is -0.443. The molecule has 4 N–H and O–H groups in total. The normalized spacial score (nSPS) is 13.9. The van der Waals surface area contributed by atoms with Crippen molar-refractivity contribution in [2.24, 2.45) is 5.41 Å². The van der Waals surface area contributed by atoms with E-state index in [1.165, 1.54) is 0 Å². The molecule has 0 saturated heterocycles. The first-order valence-electron chi connectivity index (χ1n) is 8.16. The summed E-state index contributed by atoms with van der Waals surface area (Å²) in [5, 5.41) is 24.4. The summed E-state index contributed by atoms with van der Waals surface area (Å²) in [7, 11) is 0. The van der Waals surface area contributed by atoms with E-state index in [0.717, 1.165) is 12.0 Å². The highest BCUT2D eigenvalue weighted by molar-refractivity contribution is 5.82. The fraction of sp³-hybridized carbons (Fsp3) is 0.556. The maximum atomic E-state index is 11.9. The van der Waals surface area contributed by atoms with Gasteiger partial charge in [-0.05, 0) is 18.9 Å². The molecule has 2 unspecified atom stereocenters. The zero-order chi connectivity index (χ0) is 18.2. The summed E-state index contributed by atoms with van der Waals surface area (Å²) in [4.78, 5) is 23.7. The standard InChI is InChI=1S/C18H28N2O4/c1-13(11-14-7-5-4-6-8-14)20-15(22)9-10-19-17(24)16(23)18(2,3)12-21/h4-8,13,16,21,23H,9-12H2,1-3H3,(H,19,24)(H,20,22). The van der Waals surface area contributed by atoms with Crippen LogP contribution in [0.25, 0.3) is 0 Å². The Kier molecular flexibility index (Phi) is 7.88. The minimum absolute atomic E-state index is 0.00508. The minimum Gasteiger partial charge on any atom is -0.396 e. The van der Waals surface area contributed by atoms with Gasteiger partial charge in [0, 0.05) is 24.4 Å². The van der Waals surface area contributed by atoms with Gasteiger partial charge in [0.1, 0.15) is 6.10 Å². The molecule has 6 nitrogen and oxygen atoms in total. The third kappa shape index (κ3) is 6.68. The predicted octanol–water partition coefficient (Wildman–Crippen LogP) is 0.619. The van der Waals surface area contributed by atoms with E-state index in [1.54, 1.807) is 13.8 Å². The largest absolute Gasteiger partial charge is 0.396 e. The van der Waals surface area contributed by atoms with E-state index >= 15 is 0 Å². The fourth-order valence-electron chi connectivity index (χ4n) is 2.20. The summed E-state index contributed by atoms with van der Waals surface area (Å²) in [5.74, 6) is -0.742. The number of benzene rings is 1. The summed E-state index contributed by atoms with van der Waals surface area (Å²) >= 11 is 0. The maximum Gasteiger partial charge on any atom is 0.249 e. The average molecular weight is 336 g/mol. The van der Waals surface area contributed by atoms with Gasteiger partial charge in [0.05, 0.1) is 6.61 Å². The van der Waals surface area contributed by atoms with E-state index in [2.05, 4.69) is 10.6 Å². The van der Waals surface area contributed by atoms with Crippen molar-refractivity contribution in [2.45, 2.75) is 45.8 Å². The molecule has 0 aromatic heterocycles. The second kappa shape index (κ2) is 9.39. The number of carbonyl (C=O) groups is 2. The van der Waals surface area contributed by atoms with E-state index in [4.69, 9.17) is 5.11 Å². The Bertz CT molecular complexity index is 531. The quantitative estimate of drug-likeness (QED) is 0.531. The van der Waals surface area contributed by atoms with Gasteiger partial charge in [0.25, 0.3) is 0 Å². The topological polar surface area (TPSA) is 98.7 Å². The summed E-state index contributed by atoms with van der Waals surface area (Å²) in [5.41, 5.74) is 0.226. The zero-order valence-electron chi connectivity index (χ0n) is 14.6. The molecule has 134 valence electrons. The number of aliphatic hydroxyl groups is 2. The molecule has 0 heterocycles. The summed E-state index contributed by atoms with van der Waals surface area (Å²) < 4.78 is 0. The van der Waals surface area contributed by atoms with E-state index in [0.29, 0.717) is 0 Å². The molecule has 0 spiro atoms. The molecule has 1 rings (SSSR count). The first-order valence-corrected chi connectivity index (χ1v) is 8.16. The molecule has 0 saturated carbocycles.